The van der Waals surface area contributed by atoms with E-state index >= 15 is 0 Å². The van der Waals surface area contributed by atoms with E-state index in [1.54, 1.807) is 0 Å². The highest BCUT2D eigenvalue weighted by Gasteiger charge is 2.26. The van der Waals surface area contributed by atoms with Crippen molar-refractivity contribution in [2.75, 3.05) is 5.75 Å². The molecule has 2 rings (SSSR count). The van der Waals surface area contributed by atoms with Gasteiger partial charge in [-0.3, -0.25) is 0 Å². The number of fused-ring (bicyclic) bond motifs is 1. The van der Waals surface area contributed by atoms with Gasteiger partial charge in [-0.05, 0) is 0 Å². The number of alkyl halides is 1. The minimum atomic E-state index is -2.96. The van der Waals surface area contributed by atoms with E-state index in [0.717, 1.165) is 0 Å². The Labute approximate surface area is 80.8 Å². The molecule has 0 N–H and O–H groups in total. The lowest BCUT2D eigenvalue weighted by atomic mass is 10.3. The second kappa shape index (κ2) is 2.99. The number of nitrogens with zero attached hydrogens (tertiary/aromatic N) is 1. The fourth-order valence-corrected chi connectivity index (χ4v) is 2.73. The van der Waals surface area contributed by atoms with E-state index in [4.69, 9.17) is 16.0 Å². The second-order valence-electron chi connectivity index (χ2n) is 2.95. The zero-order valence-corrected chi connectivity index (χ0v) is 8.36. The third kappa shape index (κ3) is 1.71. The van der Waals surface area contributed by atoms with Crippen molar-refractivity contribution in [1.82, 2.24) is 4.98 Å². The molecule has 0 aliphatic carbocycles. The molecule has 0 spiro atoms. The van der Waals surface area contributed by atoms with E-state index in [9.17, 15) is 8.42 Å². The number of oxazole rings is 1. The molecule has 0 saturated carbocycles. The first-order valence-electron chi connectivity index (χ1n) is 3.84. The zero-order valence-electron chi connectivity index (χ0n) is 6.79. The molecular weight excluding hydrogens is 214 g/mol. The number of hydrogen-bond acceptors (Lipinski definition) is 4. The summed E-state index contributed by atoms with van der Waals surface area (Å²) < 4.78 is 27.6. The first-order valence-corrected chi connectivity index (χ1v) is 6.20. The van der Waals surface area contributed by atoms with Crippen LogP contribution in [-0.4, -0.2) is 19.2 Å². The van der Waals surface area contributed by atoms with E-state index in [0.29, 0.717) is 23.8 Å². The normalized spacial score (nSPS) is 19.8. The molecule has 1 aromatic rings. The highest BCUT2D eigenvalue weighted by molar-refractivity contribution is 7.90. The molecule has 1 aliphatic rings. The van der Waals surface area contributed by atoms with E-state index in [-0.39, 0.29) is 17.4 Å². The van der Waals surface area contributed by atoms with Crippen LogP contribution in [0, 0.1) is 0 Å². The molecule has 1 aromatic heterocycles. The first kappa shape index (κ1) is 9.02. The molecule has 0 aromatic carbocycles. The van der Waals surface area contributed by atoms with Crippen LogP contribution in [0.4, 0.5) is 0 Å². The Morgan fingerprint density at radius 3 is 3.00 bits per heavy atom. The average molecular weight is 222 g/mol. The monoisotopic (exact) mass is 221 g/mol. The Morgan fingerprint density at radius 1 is 1.54 bits per heavy atom. The van der Waals surface area contributed by atoms with E-state index < -0.39 is 9.84 Å². The molecule has 0 radical (unpaired) electrons. The lowest BCUT2D eigenvalue weighted by Crippen LogP contribution is -2.18. The third-order valence-corrected chi connectivity index (χ3v) is 3.70. The van der Waals surface area contributed by atoms with Gasteiger partial charge in [0.15, 0.2) is 9.84 Å². The maximum absolute atomic E-state index is 11.2. The molecule has 4 nitrogen and oxygen atoms in total. The lowest BCUT2D eigenvalue weighted by molar-refractivity contribution is 0.471. The SMILES string of the molecule is O=S1(=O)CCc2oc(CCl)nc2C1. The smallest absolute Gasteiger partial charge is 0.209 e. The minimum absolute atomic E-state index is 0.0112. The van der Waals surface area contributed by atoms with Crippen LogP contribution < -0.4 is 0 Å². The summed E-state index contributed by atoms with van der Waals surface area (Å²) >= 11 is 5.51. The lowest BCUT2D eigenvalue weighted by Gasteiger charge is -2.07. The molecule has 0 amide bonds. The minimum Gasteiger partial charge on any atom is -0.444 e. The quantitative estimate of drug-likeness (QED) is 0.661. The fraction of sp³-hybridized carbons (Fsp3) is 0.571. The van der Waals surface area contributed by atoms with Crippen LogP contribution in [0.15, 0.2) is 4.42 Å². The highest BCUT2D eigenvalue weighted by atomic mass is 35.5. The Morgan fingerprint density at radius 2 is 2.31 bits per heavy atom. The Bertz CT molecular complexity index is 423. The van der Waals surface area contributed by atoms with Crippen LogP contribution in [0.1, 0.15) is 17.3 Å². The van der Waals surface area contributed by atoms with E-state index in [2.05, 4.69) is 4.98 Å². The van der Waals surface area contributed by atoms with Gasteiger partial charge < -0.3 is 4.42 Å². The van der Waals surface area contributed by atoms with Crippen LogP contribution in [0.3, 0.4) is 0 Å². The fourth-order valence-electron chi connectivity index (χ4n) is 1.33. The van der Waals surface area contributed by atoms with Crippen LogP contribution in [0.5, 0.6) is 0 Å². The Balaban J connectivity index is 2.40. The summed E-state index contributed by atoms with van der Waals surface area (Å²) in [7, 11) is -2.96. The summed E-state index contributed by atoms with van der Waals surface area (Å²) in [6, 6.07) is 0. The average Bonchev–Trinajstić information content (AvgIpc) is 2.44. The Kier molecular flexibility index (Phi) is 2.08. The van der Waals surface area contributed by atoms with Gasteiger partial charge in [-0.1, -0.05) is 0 Å². The van der Waals surface area contributed by atoms with E-state index in [1.807, 2.05) is 0 Å². The zero-order chi connectivity index (χ0) is 9.47. The van der Waals surface area contributed by atoms with Gasteiger partial charge in [-0.2, -0.15) is 0 Å². The van der Waals surface area contributed by atoms with Gasteiger partial charge in [-0.15, -0.1) is 11.6 Å². The first-order chi connectivity index (χ1) is 6.11. The number of aryl methyl sites for hydroxylation is 1. The van der Waals surface area contributed by atoms with Crippen molar-refractivity contribution < 1.29 is 12.8 Å². The summed E-state index contributed by atoms with van der Waals surface area (Å²) in [5, 5.41) is 0. The van der Waals surface area contributed by atoms with Gasteiger partial charge in [0.05, 0.1) is 23.1 Å². The summed E-state index contributed by atoms with van der Waals surface area (Å²) in [4.78, 5) is 3.99. The molecule has 13 heavy (non-hydrogen) atoms. The molecule has 0 atom stereocenters. The molecule has 72 valence electrons. The standard InChI is InChI=1S/C7H8ClNO3S/c8-3-7-9-5-4-13(10,11)2-1-6(5)12-7/h1-4H2. The van der Waals surface area contributed by atoms with Gasteiger partial charge in [0.1, 0.15) is 5.76 Å². The number of hydrogen-bond donors (Lipinski definition) is 0. The van der Waals surface area contributed by atoms with Crippen LogP contribution in [0.25, 0.3) is 0 Å². The molecule has 0 fully saturated rings. The van der Waals surface area contributed by atoms with Crippen LogP contribution in [-0.2, 0) is 27.9 Å². The van der Waals surface area contributed by atoms with Gasteiger partial charge in [0, 0.05) is 6.42 Å². The van der Waals surface area contributed by atoms with Crippen molar-refractivity contribution in [3.8, 4) is 0 Å². The maximum Gasteiger partial charge on any atom is 0.209 e. The van der Waals surface area contributed by atoms with E-state index in [1.165, 1.54) is 0 Å². The van der Waals surface area contributed by atoms with Crippen LogP contribution >= 0.6 is 11.6 Å². The van der Waals surface area contributed by atoms with Gasteiger partial charge in [-0.25, -0.2) is 13.4 Å². The molecule has 1 aliphatic heterocycles. The molecular formula is C7H8ClNO3S. The van der Waals surface area contributed by atoms with Crippen molar-refractivity contribution in [2.45, 2.75) is 18.1 Å². The summed E-state index contributed by atoms with van der Waals surface area (Å²) in [6.45, 7) is 0. The number of aromatic nitrogens is 1. The van der Waals surface area contributed by atoms with Crippen molar-refractivity contribution in [2.24, 2.45) is 0 Å². The summed E-state index contributed by atoms with van der Waals surface area (Å²) in [5.74, 6) is 1.40. The molecule has 6 heteroatoms. The maximum atomic E-state index is 11.2. The second-order valence-corrected chi connectivity index (χ2v) is 5.40. The molecule has 0 saturated heterocycles. The van der Waals surface area contributed by atoms with Crippen molar-refractivity contribution in [1.29, 1.82) is 0 Å². The summed E-state index contributed by atoms with van der Waals surface area (Å²) in [6.07, 6.45) is 0.418. The van der Waals surface area contributed by atoms with Gasteiger partial charge in [0.2, 0.25) is 5.89 Å². The topological polar surface area (TPSA) is 60.2 Å². The number of sulfone groups is 1. The summed E-state index contributed by atoms with van der Waals surface area (Å²) in [5.41, 5.74) is 0.530. The van der Waals surface area contributed by atoms with Crippen molar-refractivity contribution in [3.63, 3.8) is 0 Å². The highest BCUT2D eigenvalue weighted by Crippen LogP contribution is 2.21. The van der Waals surface area contributed by atoms with Gasteiger partial charge >= 0.3 is 0 Å². The van der Waals surface area contributed by atoms with Crippen molar-refractivity contribution >= 4 is 21.4 Å². The number of rotatable bonds is 1. The Hall–Kier alpha value is -0.550. The largest absolute Gasteiger partial charge is 0.444 e. The van der Waals surface area contributed by atoms with Crippen molar-refractivity contribution in [3.05, 3.63) is 17.3 Å². The van der Waals surface area contributed by atoms with Crippen LogP contribution in [0.2, 0.25) is 0 Å². The number of halogens is 1. The van der Waals surface area contributed by atoms with Gasteiger partial charge in [0.25, 0.3) is 0 Å². The predicted molar refractivity (Wildman–Crippen MR) is 47.3 cm³/mol. The molecule has 0 bridgehead atoms. The molecule has 0 unspecified atom stereocenters. The molecule has 2 heterocycles. The predicted octanol–water partition coefficient (Wildman–Crippen LogP) is 0.884. The third-order valence-electron chi connectivity index (χ3n) is 1.93.